The van der Waals surface area contributed by atoms with E-state index in [4.69, 9.17) is 22.3 Å². The van der Waals surface area contributed by atoms with Crippen molar-refractivity contribution in [2.75, 3.05) is 0 Å². The Bertz CT molecular complexity index is 552. The molecule has 0 fully saturated rings. The van der Waals surface area contributed by atoms with Crippen molar-refractivity contribution < 1.29 is 0 Å². The van der Waals surface area contributed by atoms with Gasteiger partial charge in [0.05, 0.1) is 11.1 Å². The number of amidine groups is 2. The Morgan fingerprint density at radius 2 is 1.87 bits per heavy atom. The lowest BCUT2D eigenvalue weighted by molar-refractivity contribution is 1.19. The van der Waals surface area contributed by atoms with Crippen LogP contribution in [-0.2, 0) is 0 Å². The molecule has 5 heteroatoms. The number of rotatable bonds is 2. The first-order valence-electron chi connectivity index (χ1n) is 4.39. The van der Waals surface area contributed by atoms with E-state index in [1.165, 1.54) is 0 Å². The van der Waals surface area contributed by atoms with E-state index in [0.29, 0.717) is 11.1 Å². The fourth-order valence-corrected chi connectivity index (χ4v) is 1.61. The molecule has 0 spiro atoms. The maximum absolute atomic E-state index is 7.48. The van der Waals surface area contributed by atoms with Crippen molar-refractivity contribution in [1.29, 1.82) is 10.8 Å². The highest BCUT2D eigenvalue weighted by Gasteiger charge is 2.14. The van der Waals surface area contributed by atoms with Crippen LogP contribution in [0.4, 0.5) is 0 Å². The standard InChI is InChI=1S/C10H11N5/c11-9(12)6-5-15-4-2-1-3-7(15)8(6)10(13)14/h1-5H,(H3,11,12)(H3,13,14). The summed E-state index contributed by atoms with van der Waals surface area (Å²) in [5, 5.41) is 14.9. The number of nitrogen functional groups attached to an aromatic ring is 2. The first kappa shape index (κ1) is 9.26. The molecule has 0 atom stereocenters. The molecule has 0 aromatic carbocycles. The zero-order valence-electron chi connectivity index (χ0n) is 7.99. The summed E-state index contributed by atoms with van der Waals surface area (Å²) >= 11 is 0. The van der Waals surface area contributed by atoms with Crippen LogP contribution in [0.1, 0.15) is 11.1 Å². The molecule has 0 unspecified atom stereocenters. The minimum Gasteiger partial charge on any atom is -0.384 e. The highest BCUT2D eigenvalue weighted by atomic mass is 14.9. The Hall–Kier alpha value is -2.30. The normalized spacial score (nSPS) is 10.4. The zero-order chi connectivity index (χ0) is 11.0. The van der Waals surface area contributed by atoms with Crippen molar-refractivity contribution in [3.05, 3.63) is 41.7 Å². The second-order valence-electron chi connectivity index (χ2n) is 3.24. The van der Waals surface area contributed by atoms with Gasteiger partial charge < -0.3 is 15.9 Å². The quantitative estimate of drug-likeness (QED) is 0.420. The van der Waals surface area contributed by atoms with Crippen LogP contribution in [0.5, 0.6) is 0 Å². The van der Waals surface area contributed by atoms with Crippen LogP contribution in [0.3, 0.4) is 0 Å². The van der Waals surface area contributed by atoms with Crippen LogP contribution < -0.4 is 11.5 Å². The fraction of sp³-hybridized carbons (Fsp3) is 0. The molecular formula is C10H11N5. The second kappa shape index (κ2) is 3.13. The van der Waals surface area contributed by atoms with Crippen molar-refractivity contribution in [2.24, 2.45) is 11.5 Å². The third-order valence-corrected chi connectivity index (χ3v) is 2.24. The highest BCUT2D eigenvalue weighted by molar-refractivity contribution is 6.12. The number of fused-ring (bicyclic) bond motifs is 1. The predicted molar refractivity (Wildman–Crippen MR) is 59.4 cm³/mol. The summed E-state index contributed by atoms with van der Waals surface area (Å²) < 4.78 is 1.80. The average molecular weight is 201 g/mol. The first-order chi connectivity index (χ1) is 7.11. The predicted octanol–water partition coefficient (Wildman–Crippen LogP) is 0.507. The Balaban J connectivity index is 2.86. The van der Waals surface area contributed by atoms with Gasteiger partial charge in [-0.15, -0.1) is 0 Å². The van der Waals surface area contributed by atoms with E-state index >= 15 is 0 Å². The number of nitrogens with one attached hydrogen (secondary N) is 2. The first-order valence-corrected chi connectivity index (χ1v) is 4.39. The summed E-state index contributed by atoms with van der Waals surface area (Å²) in [4.78, 5) is 0. The van der Waals surface area contributed by atoms with Gasteiger partial charge in [-0.2, -0.15) is 0 Å². The van der Waals surface area contributed by atoms with Crippen molar-refractivity contribution in [2.45, 2.75) is 0 Å². The van der Waals surface area contributed by atoms with E-state index in [0.717, 1.165) is 5.52 Å². The number of pyridine rings is 1. The largest absolute Gasteiger partial charge is 0.384 e. The summed E-state index contributed by atoms with van der Waals surface area (Å²) in [5.74, 6) is -0.155. The van der Waals surface area contributed by atoms with Crippen molar-refractivity contribution >= 4 is 17.2 Å². The molecule has 0 radical (unpaired) electrons. The van der Waals surface area contributed by atoms with Crippen LogP contribution in [0.25, 0.3) is 5.52 Å². The van der Waals surface area contributed by atoms with Gasteiger partial charge in [-0.3, -0.25) is 10.8 Å². The molecule has 0 aliphatic rings. The van der Waals surface area contributed by atoms with Gasteiger partial charge in [-0.05, 0) is 12.1 Å². The SMILES string of the molecule is N=C(N)c1cn2ccccc2c1C(=N)N. The smallest absolute Gasteiger partial charge is 0.125 e. The van der Waals surface area contributed by atoms with Gasteiger partial charge in [0, 0.05) is 18.0 Å². The molecule has 2 rings (SSSR count). The second-order valence-corrected chi connectivity index (χ2v) is 3.24. The highest BCUT2D eigenvalue weighted by Crippen LogP contribution is 2.17. The topological polar surface area (TPSA) is 104 Å². The molecule has 2 aromatic heterocycles. The van der Waals surface area contributed by atoms with Gasteiger partial charge >= 0.3 is 0 Å². The van der Waals surface area contributed by atoms with Crippen molar-refractivity contribution in [3.8, 4) is 0 Å². The molecule has 0 aliphatic heterocycles. The maximum atomic E-state index is 7.48. The summed E-state index contributed by atoms with van der Waals surface area (Å²) in [7, 11) is 0. The molecule has 0 aliphatic carbocycles. The van der Waals surface area contributed by atoms with E-state index in [1.807, 2.05) is 24.4 Å². The monoisotopic (exact) mass is 201 g/mol. The lowest BCUT2D eigenvalue weighted by Gasteiger charge is -1.99. The van der Waals surface area contributed by atoms with Gasteiger partial charge in [0.2, 0.25) is 0 Å². The summed E-state index contributed by atoms with van der Waals surface area (Å²) in [6.45, 7) is 0. The molecule has 15 heavy (non-hydrogen) atoms. The molecule has 0 saturated carbocycles. The summed E-state index contributed by atoms with van der Waals surface area (Å²) in [5.41, 5.74) is 12.7. The summed E-state index contributed by atoms with van der Waals surface area (Å²) in [6, 6.07) is 5.55. The molecular weight excluding hydrogens is 190 g/mol. The number of hydrogen-bond donors (Lipinski definition) is 4. The van der Waals surface area contributed by atoms with E-state index in [1.54, 1.807) is 10.6 Å². The summed E-state index contributed by atoms with van der Waals surface area (Å²) in [6.07, 6.45) is 3.53. The number of aromatic nitrogens is 1. The number of nitrogens with two attached hydrogens (primary N) is 2. The van der Waals surface area contributed by atoms with Crippen LogP contribution >= 0.6 is 0 Å². The van der Waals surface area contributed by atoms with Crippen LogP contribution in [0.2, 0.25) is 0 Å². The van der Waals surface area contributed by atoms with Gasteiger partial charge in [0.1, 0.15) is 11.7 Å². The van der Waals surface area contributed by atoms with Gasteiger partial charge in [0.15, 0.2) is 0 Å². The van der Waals surface area contributed by atoms with Gasteiger partial charge in [-0.1, -0.05) is 6.07 Å². The van der Waals surface area contributed by atoms with Gasteiger partial charge in [0.25, 0.3) is 0 Å². The fourth-order valence-electron chi connectivity index (χ4n) is 1.61. The lowest BCUT2D eigenvalue weighted by Crippen LogP contribution is -2.18. The molecule has 5 nitrogen and oxygen atoms in total. The molecule has 6 N–H and O–H groups in total. The molecule has 0 saturated heterocycles. The Morgan fingerprint density at radius 3 is 2.47 bits per heavy atom. The number of nitrogens with zero attached hydrogens (tertiary/aromatic N) is 1. The molecule has 76 valence electrons. The Labute approximate surface area is 86.3 Å². The van der Waals surface area contributed by atoms with Gasteiger partial charge in [-0.25, -0.2) is 0 Å². The van der Waals surface area contributed by atoms with Crippen molar-refractivity contribution in [3.63, 3.8) is 0 Å². The molecule has 0 bridgehead atoms. The Morgan fingerprint density at radius 1 is 1.13 bits per heavy atom. The Kier molecular flexibility index (Phi) is 1.93. The minimum atomic E-state index is -0.0797. The van der Waals surface area contributed by atoms with E-state index < -0.39 is 0 Å². The third kappa shape index (κ3) is 1.34. The van der Waals surface area contributed by atoms with Crippen LogP contribution in [-0.4, -0.2) is 16.1 Å². The third-order valence-electron chi connectivity index (χ3n) is 2.24. The average Bonchev–Trinajstić information content (AvgIpc) is 2.56. The molecule has 0 amide bonds. The molecule has 2 aromatic rings. The van der Waals surface area contributed by atoms with Crippen molar-refractivity contribution in [1.82, 2.24) is 4.40 Å². The maximum Gasteiger partial charge on any atom is 0.125 e. The molecule has 2 heterocycles. The minimum absolute atomic E-state index is 0.0751. The zero-order valence-corrected chi connectivity index (χ0v) is 7.99. The van der Waals surface area contributed by atoms with E-state index in [2.05, 4.69) is 0 Å². The van der Waals surface area contributed by atoms with Crippen LogP contribution in [0.15, 0.2) is 30.6 Å². The van der Waals surface area contributed by atoms with Crippen LogP contribution in [0, 0.1) is 10.8 Å². The van der Waals surface area contributed by atoms with E-state index in [9.17, 15) is 0 Å². The van der Waals surface area contributed by atoms with E-state index in [-0.39, 0.29) is 11.7 Å². The number of hydrogen-bond acceptors (Lipinski definition) is 2. The lowest BCUT2D eigenvalue weighted by atomic mass is 10.1.